The van der Waals surface area contributed by atoms with Crippen LogP contribution in [0.15, 0.2) is 48.2 Å². The van der Waals surface area contributed by atoms with E-state index in [0.717, 1.165) is 29.0 Å². The summed E-state index contributed by atoms with van der Waals surface area (Å²) in [6.07, 6.45) is 5.97. The molecule has 34 heavy (non-hydrogen) atoms. The van der Waals surface area contributed by atoms with Crippen LogP contribution in [0.1, 0.15) is 53.4 Å². The summed E-state index contributed by atoms with van der Waals surface area (Å²) >= 11 is 0. The molecule has 0 aliphatic heterocycles. The summed E-state index contributed by atoms with van der Waals surface area (Å²) < 4.78 is 42.9. The Labute approximate surface area is 194 Å². The number of hydrogen-bond acceptors (Lipinski definition) is 3. The second-order valence-corrected chi connectivity index (χ2v) is 9.41. The zero-order valence-corrected chi connectivity index (χ0v) is 18.6. The standard InChI is InChI=1S/C26H24F3N3O2/c1-25-13-16-14-31-32(18-5-6-19(27)21(29)12-18)22(16)11-17(25)8-10-26(25,34)9-7-15-3-2-4-20(28)23(15)24(30)33/h2-6,11-12,14,34H,7-10,13H2,1H3,(H2,30,33)/t25-,26-/m0/s1. The Morgan fingerprint density at radius 3 is 2.71 bits per heavy atom. The summed E-state index contributed by atoms with van der Waals surface area (Å²) in [4.78, 5) is 11.8. The fourth-order valence-electron chi connectivity index (χ4n) is 5.55. The van der Waals surface area contributed by atoms with Crippen LogP contribution in [0.4, 0.5) is 13.2 Å². The van der Waals surface area contributed by atoms with Crippen molar-refractivity contribution in [1.82, 2.24) is 9.78 Å². The molecular formula is C26H24F3N3O2. The zero-order chi connectivity index (χ0) is 24.3. The Bertz CT molecular complexity index is 1350. The van der Waals surface area contributed by atoms with Crippen molar-refractivity contribution in [3.05, 3.63) is 88.0 Å². The fourth-order valence-corrected chi connectivity index (χ4v) is 5.55. The van der Waals surface area contributed by atoms with Crippen LogP contribution in [0.5, 0.6) is 0 Å². The van der Waals surface area contributed by atoms with Crippen molar-refractivity contribution >= 4 is 12.0 Å². The van der Waals surface area contributed by atoms with Crippen molar-refractivity contribution in [3.63, 3.8) is 0 Å². The minimum Gasteiger partial charge on any atom is -0.389 e. The molecule has 1 aromatic heterocycles. The first-order valence-electron chi connectivity index (χ1n) is 11.2. The van der Waals surface area contributed by atoms with E-state index in [1.165, 1.54) is 18.2 Å². The molecule has 0 radical (unpaired) electrons. The number of rotatable bonds is 5. The van der Waals surface area contributed by atoms with Gasteiger partial charge in [-0.1, -0.05) is 24.6 Å². The average molecular weight is 467 g/mol. The number of amides is 1. The van der Waals surface area contributed by atoms with Crippen LogP contribution in [0.25, 0.3) is 11.8 Å². The molecule has 1 saturated carbocycles. The van der Waals surface area contributed by atoms with Crippen LogP contribution in [0.2, 0.25) is 0 Å². The molecule has 1 heterocycles. The quantitative estimate of drug-likeness (QED) is 0.580. The van der Waals surface area contributed by atoms with E-state index >= 15 is 0 Å². The van der Waals surface area contributed by atoms with E-state index < -0.39 is 34.4 Å². The van der Waals surface area contributed by atoms with Gasteiger partial charge >= 0.3 is 0 Å². The maximum absolute atomic E-state index is 14.2. The molecule has 0 unspecified atom stereocenters. The van der Waals surface area contributed by atoms with Crippen molar-refractivity contribution in [2.45, 2.75) is 44.6 Å². The summed E-state index contributed by atoms with van der Waals surface area (Å²) in [5, 5.41) is 16.1. The third kappa shape index (κ3) is 3.36. The molecular weight excluding hydrogens is 443 g/mol. The number of nitrogens with zero attached hydrogens (tertiary/aromatic N) is 2. The first-order chi connectivity index (χ1) is 16.1. The summed E-state index contributed by atoms with van der Waals surface area (Å²) in [7, 11) is 0. The summed E-state index contributed by atoms with van der Waals surface area (Å²) in [5.41, 5.74) is 7.19. The lowest BCUT2D eigenvalue weighted by atomic mass is 9.65. The number of fused-ring (bicyclic) bond motifs is 2. The lowest BCUT2D eigenvalue weighted by Crippen LogP contribution is -2.45. The first-order valence-corrected chi connectivity index (χ1v) is 11.2. The Morgan fingerprint density at radius 1 is 1.18 bits per heavy atom. The highest BCUT2D eigenvalue weighted by atomic mass is 19.2. The van der Waals surface area contributed by atoms with E-state index in [1.807, 2.05) is 13.0 Å². The monoisotopic (exact) mass is 467 g/mol. The van der Waals surface area contributed by atoms with E-state index in [0.29, 0.717) is 43.4 Å². The van der Waals surface area contributed by atoms with Gasteiger partial charge in [-0.05, 0) is 67.5 Å². The van der Waals surface area contributed by atoms with E-state index in [-0.39, 0.29) is 5.56 Å². The van der Waals surface area contributed by atoms with Gasteiger partial charge < -0.3 is 10.8 Å². The predicted octanol–water partition coefficient (Wildman–Crippen LogP) is 4.49. The van der Waals surface area contributed by atoms with Crippen molar-refractivity contribution in [2.75, 3.05) is 0 Å². The molecule has 3 aromatic rings. The van der Waals surface area contributed by atoms with Gasteiger partial charge in [0.2, 0.25) is 0 Å². The topological polar surface area (TPSA) is 81.1 Å². The third-order valence-corrected chi connectivity index (χ3v) is 7.59. The lowest BCUT2D eigenvalue weighted by Gasteiger charge is -2.42. The highest BCUT2D eigenvalue weighted by molar-refractivity contribution is 5.94. The summed E-state index contributed by atoms with van der Waals surface area (Å²) in [5.74, 6) is -3.36. The summed E-state index contributed by atoms with van der Waals surface area (Å²) in [6, 6.07) is 8.03. The van der Waals surface area contributed by atoms with Crippen LogP contribution in [-0.2, 0) is 12.8 Å². The van der Waals surface area contributed by atoms with Crippen molar-refractivity contribution in [3.8, 4) is 5.69 Å². The summed E-state index contributed by atoms with van der Waals surface area (Å²) in [6.45, 7) is 2.00. The number of aliphatic hydroxyl groups is 1. The Hall–Kier alpha value is -3.39. The number of aromatic nitrogens is 2. The van der Waals surface area contributed by atoms with Gasteiger partial charge in [-0.2, -0.15) is 5.10 Å². The molecule has 5 rings (SSSR count). The molecule has 2 aromatic carbocycles. The number of aryl methyl sites for hydroxylation is 1. The highest BCUT2D eigenvalue weighted by Crippen LogP contribution is 2.56. The molecule has 2 aliphatic carbocycles. The van der Waals surface area contributed by atoms with Gasteiger partial charge in [0.15, 0.2) is 11.6 Å². The van der Waals surface area contributed by atoms with E-state index in [9.17, 15) is 23.1 Å². The molecule has 1 fully saturated rings. The van der Waals surface area contributed by atoms with Gasteiger partial charge in [0.25, 0.3) is 5.91 Å². The SMILES string of the molecule is C[C@]12Cc3cnn(-c4ccc(F)c(F)c4)c3C=C1CC[C@@]2(O)CCc1cccc(F)c1C(N)=O. The van der Waals surface area contributed by atoms with E-state index in [2.05, 4.69) is 5.10 Å². The van der Waals surface area contributed by atoms with Gasteiger partial charge in [-0.3, -0.25) is 4.79 Å². The normalized spacial score (nSPS) is 23.4. The fraction of sp³-hybridized carbons (Fsp3) is 0.308. The number of benzene rings is 2. The first kappa shape index (κ1) is 22.4. The molecule has 2 atom stereocenters. The molecule has 0 spiro atoms. The molecule has 176 valence electrons. The van der Waals surface area contributed by atoms with Crippen molar-refractivity contribution in [2.24, 2.45) is 11.1 Å². The van der Waals surface area contributed by atoms with Gasteiger partial charge in [0, 0.05) is 11.5 Å². The van der Waals surface area contributed by atoms with Gasteiger partial charge in [-0.25, -0.2) is 17.9 Å². The largest absolute Gasteiger partial charge is 0.389 e. The number of hydrogen-bond donors (Lipinski definition) is 2. The number of carbonyl (C=O) groups is 1. The molecule has 5 nitrogen and oxygen atoms in total. The Balaban J connectivity index is 1.45. The molecule has 0 saturated heterocycles. The van der Waals surface area contributed by atoms with E-state index in [4.69, 9.17) is 5.73 Å². The van der Waals surface area contributed by atoms with Crippen LogP contribution in [-0.4, -0.2) is 26.4 Å². The maximum Gasteiger partial charge on any atom is 0.251 e. The Morgan fingerprint density at radius 2 is 1.97 bits per heavy atom. The van der Waals surface area contributed by atoms with Gasteiger partial charge in [0.1, 0.15) is 5.82 Å². The molecule has 1 amide bonds. The number of halogens is 3. The van der Waals surface area contributed by atoms with Gasteiger partial charge in [-0.15, -0.1) is 0 Å². The molecule has 3 N–H and O–H groups in total. The number of primary amides is 1. The smallest absolute Gasteiger partial charge is 0.251 e. The zero-order valence-electron chi connectivity index (χ0n) is 18.6. The second-order valence-electron chi connectivity index (χ2n) is 9.41. The predicted molar refractivity (Wildman–Crippen MR) is 121 cm³/mol. The van der Waals surface area contributed by atoms with E-state index in [1.54, 1.807) is 16.9 Å². The Kier molecular flexibility index (Phi) is 5.16. The second kappa shape index (κ2) is 7.84. The molecule has 0 bridgehead atoms. The van der Waals surface area contributed by atoms with Crippen LogP contribution >= 0.6 is 0 Å². The van der Waals surface area contributed by atoms with Crippen molar-refractivity contribution < 1.29 is 23.1 Å². The number of carbonyl (C=O) groups excluding carboxylic acids is 1. The third-order valence-electron chi connectivity index (χ3n) is 7.59. The van der Waals surface area contributed by atoms with Crippen LogP contribution in [0, 0.1) is 22.9 Å². The van der Waals surface area contributed by atoms with Gasteiger partial charge in [0.05, 0.1) is 28.7 Å². The highest BCUT2D eigenvalue weighted by Gasteiger charge is 2.54. The van der Waals surface area contributed by atoms with Crippen LogP contribution < -0.4 is 5.73 Å². The number of nitrogens with two attached hydrogens (primary N) is 1. The average Bonchev–Trinajstić information content (AvgIpc) is 3.30. The molecule has 2 aliphatic rings. The minimum atomic E-state index is -1.08. The lowest BCUT2D eigenvalue weighted by molar-refractivity contribution is -0.0462. The van der Waals surface area contributed by atoms with Crippen LogP contribution in [0.3, 0.4) is 0 Å². The maximum atomic E-state index is 14.2. The van der Waals surface area contributed by atoms with Crippen molar-refractivity contribution in [1.29, 1.82) is 0 Å². The minimum absolute atomic E-state index is 0.135. The molecule has 8 heteroatoms.